The van der Waals surface area contributed by atoms with E-state index in [9.17, 15) is 18.8 Å². The number of hydrogen-bond acceptors (Lipinski definition) is 4. The monoisotopic (exact) mass is 410 g/mol. The number of nitrogens with zero attached hydrogens (tertiary/aromatic N) is 2. The van der Waals surface area contributed by atoms with Gasteiger partial charge in [0.25, 0.3) is 5.91 Å². The van der Waals surface area contributed by atoms with Gasteiger partial charge in [-0.15, -0.1) is 12.4 Å². The zero-order chi connectivity index (χ0) is 19.2. The van der Waals surface area contributed by atoms with Gasteiger partial charge in [0.1, 0.15) is 17.9 Å². The Balaban J connectivity index is 0.00000225. The minimum atomic E-state index is -1.30. The average molecular weight is 411 g/mol. The second kappa shape index (κ2) is 7.67. The number of hydrogen-bond donors (Lipinski definition) is 2. The third kappa shape index (κ3) is 3.35. The lowest BCUT2D eigenvalue weighted by Gasteiger charge is -2.29. The number of carbonyl (C=O) groups is 3. The molecule has 3 fully saturated rings. The number of urea groups is 1. The molecule has 3 heterocycles. The second-order valence-corrected chi connectivity index (χ2v) is 7.63. The quantitative estimate of drug-likeness (QED) is 0.737. The molecule has 0 aromatic heterocycles. The van der Waals surface area contributed by atoms with E-state index in [1.165, 1.54) is 24.3 Å². The summed E-state index contributed by atoms with van der Waals surface area (Å²) in [4.78, 5) is 41.2. The van der Waals surface area contributed by atoms with Gasteiger partial charge in [-0.25, -0.2) is 9.18 Å². The van der Waals surface area contributed by atoms with Gasteiger partial charge in [0.05, 0.1) is 0 Å². The van der Waals surface area contributed by atoms with E-state index in [0.29, 0.717) is 5.56 Å². The fraction of sp³-hybridized carbons (Fsp3) is 0.526. The van der Waals surface area contributed by atoms with Crippen LogP contribution in [0.4, 0.5) is 9.18 Å². The molecule has 3 aliphatic rings. The first-order chi connectivity index (χ1) is 12.9. The van der Waals surface area contributed by atoms with Crippen molar-refractivity contribution in [3.05, 3.63) is 35.6 Å². The predicted molar refractivity (Wildman–Crippen MR) is 102 cm³/mol. The Morgan fingerprint density at radius 2 is 1.86 bits per heavy atom. The van der Waals surface area contributed by atoms with Crippen molar-refractivity contribution < 1.29 is 18.8 Å². The van der Waals surface area contributed by atoms with Gasteiger partial charge in [0.15, 0.2) is 0 Å². The Hall–Kier alpha value is -2.19. The number of amides is 4. The summed E-state index contributed by atoms with van der Waals surface area (Å²) < 4.78 is 13.2. The van der Waals surface area contributed by atoms with Crippen LogP contribution in [-0.4, -0.2) is 59.4 Å². The van der Waals surface area contributed by atoms with Crippen molar-refractivity contribution in [3.63, 3.8) is 0 Å². The van der Waals surface area contributed by atoms with Crippen LogP contribution in [0.2, 0.25) is 0 Å². The maximum absolute atomic E-state index is 13.2. The second-order valence-electron chi connectivity index (χ2n) is 7.63. The van der Waals surface area contributed by atoms with E-state index < -0.39 is 23.3 Å². The molecule has 4 rings (SSSR count). The minimum Gasteiger partial charge on any atom is -0.334 e. The molecule has 0 radical (unpaired) electrons. The van der Waals surface area contributed by atoms with Crippen molar-refractivity contribution in [1.29, 1.82) is 0 Å². The third-order valence-corrected chi connectivity index (χ3v) is 5.93. The van der Waals surface area contributed by atoms with E-state index in [1.54, 1.807) is 6.92 Å². The number of carbonyl (C=O) groups excluding carboxylic acids is 3. The van der Waals surface area contributed by atoms with Gasteiger partial charge < -0.3 is 15.5 Å². The highest BCUT2D eigenvalue weighted by atomic mass is 35.5. The minimum absolute atomic E-state index is 0. The van der Waals surface area contributed by atoms with Crippen LogP contribution in [-0.2, 0) is 15.1 Å². The van der Waals surface area contributed by atoms with Crippen LogP contribution in [0.1, 0.15) is 31.7 Å². The number of rotatable bonds is 3. The molecule has 28 heavy (non-hydrogen) atoms. The Kier molecular flexibility index (Phi) is 5.63. The highest BCUT2D eigenvalue weighted by Gasteiger charge is 2.50. The van der Waals surface area contributed by atoms with Crippen LogP contribution < -0.4 is 10.6 Å². The molecule has 3 unspecified atom stereocenters. The summed E-state index contributed by atoms with van der Waals surface area (Å²) in [6, 6.07) is 5.13. The molecule has 1 aromatic carbocycles. The van der Waals surface area contributed by atoms with Crippen LogP contribution in [0, 0.1) is 5.82 Å². The number of halogens is 2. The summed E-state index contributed by atoms with van der Waals surface area (Å²) in [6.07, 6.45) is 2.79. The summed E-state index contributed by atoms with van der Waals surface area (Å²) in [5.41, 5.74) is -0.819. The van der Waals surface area contributed by atoms with Gasteiger partial charge in [-0.3, -0.25) is 14.5 Å². The zero-order valence-corrected chi connectivity index (χ0v) is 16.4. The first kappa shape index (κ1) is 20.5. The van der Waals surface area contributed by atoms with Crippen molar-refractivity contribution in [2.75, 3.05) is 19.6 Å². The van der Waals surface area contributed by atoms with E-state index in [2.05, 4.69) is 10.6 Å². The van der Waals surface area contributed by atoms with Crippen molar-refractivity contribution in [3.8, 4) is 0 Å². The first-order valence-electron chi connectivity index (χ1n) is 9.32. The molecule has 0 spiro atoms. The standard InChI is InChI=1S/C19H23FN4O3.ClH/c1-19(12-2-4-13(20)5-3-12)17(26)23(18(27)22-19)11-16(25)24-14-6-7-15(24)10-21-9-8-14;/h2-5,14-15,21H,6-11H2,1H3,(H,22,27);1H. The van der Waals surface area contributed by atoms with Crippen LogP contribution in [0.15, 0.2) is 24.3 Å². The fourth-order valence-corrected chi connectivity index (χ4v) is 4.43. The lowest BCUT2D eigenvalue weighted by Crippen LogP contribution is -2.49. The van der Waals surface area contributed by atoms with E-state index >= 15 is 0 Å². The van der Waals surface area contributed by atoms with Crippen molar-refractivity contribution >= 4 is 30.3 Å². The molecule has 7 nitrogen and oxygen atoms in total. The van der Waals surface area contributed by atoms with E-state index in [4.69, 9.17) is 0 Å². The SMILES string of the molecule is CC1(c2ccc(F)cc2)NC(=O)N(CC(=O)N2C3CCNCC2CC3)C1=O.Cl. The Labute approximate surface area is 169 Å². The van der Waals surface area contributed by atoms with Gasteiger partial charge >= 0.3 is 6.03 Å². The van der Waals surface area contributed by atoms with Gasteiger partial charge in [-0.05, 0) is 50.4 Å². The molecular formula is C19H24ClFN4O3. The van der Waals surface area contributed by atoms with Gasteiger partial charge in [0, 0.05) is 18.6 Å². The highest BCUT2D eigenvalue weighted by Crippen LogP contribution is 2.31. The van der Waals surface area contributed by atoms with Crippen LogP contribution in [0.3, 0.4) is 0 Å². The number of imide groups is 1. The molecule has 0 saturated carbocycles. The first-order valence-corrected chi connectivity index (χ1v) is 9.32. The molecule has 0 aliphatic carbocycles. The van der Waals surface area contributed by atoms with Crippen LogP contribution in [0.25, 0.3) is 0 Å². The number of benzene rings is 1. The molecule has 4 amide bonds. The van der Waals surface area contributed by atoms with E-state index in [1.807, 2.05) is 4.90 Å². The average Bonchev–Trinajstić information content (AvgIpc) is 3.02. The molecule has 9 heteroatoms. The van der Waals surface area contributed by atoms with Gasteiger partial charge in [0.2, 0.25) is 5.91 Å². The molecule has 2 bridgehead atoms. The molecule has 3 atom stereocenters. The van der Waals surface area contributed by atoms with Crippen LogP contribution in [0.5, 0.6) is 0 Å². The van der Waals surface area contributed by atoms with Crippen LogP contribution >= 0.6 is 12.4 Å². The van der Waals surface area contributed by atoms with Gasteiger partial charge in [-0.1, -0.05) is 12.1 Å². The summed E-state index contributed by atoms with van der Waals surface area (Å²) >= 11 is 0. The largest absolute Gasteiger partial charge is 0.334 e. The summed E-state index contributed by atoms with van der Waals surface area (Å²) in [5.74, 6) is -1.11. The fourth-order valence-electron chi connectivity index (χ4n) is 4.43. The molecular weight excluding hydrogens is 387 g/mol. The molecule has 3 aliphatic heterocycles. The Morgan fingerprint density at radius 1 is 1.18 bits per heavy atom. The Morgan fingerprint density at radius 3 is 2.57 bits per heavy atom. The summed E-state index contributed by atoms with van der Waals surface area (Å²) in [5, 5.41) is 5.99. The molecule has 1 aromatic rings. The molecule has 3 saturated heterocycles. The van der Waals surface area contributed by atoms with E-state index in [-0.39, 0.29) is 36.9 Å². The van der Waals surface area contributed by atoms with Crippen molar-refractivity contribution in [2.24, 2.45) is 0 Å². The maximum atomic E-state index is 13.2. The number of fused-ring (bicyclic) bond motifs is 2. The summed E-state index contributed by atoms with van der Waals surface area (Å²) in [6.45, 7) is 2.92. The Bertz CT molecular complexity index is 776. The normalized spacial score (nSPS) is 29.4. The summed E-state index contributed by atoms with van der Waals surface area (Å²) in [7, 11) is 0. The lowest BCUT2D eigenvalue weighted by atomic mass is 9.92. The number of nitrogens with one attached hydrogen (secondary N) is 2. The van der Waals surface area contributed by atoms with Gasteiger partial charge in [-0.2, -0.15) is 0 Å². The lowest BCUT2D eigenvalue weighted by molar-refractivity contribution is -0.140. The zero-order valence-electron chi connectivity index (χ0n) is 15.6. The topological polar surface area (TPSA) is 81.8 Å². The van der Waals surface area contributed by atoms with Crippen molar-refractivity contribution in [2.45, 2.75) is 43.8 Å². The highest BCUT2D eigenvalue weighted by molar-refractivity contribution is 6.09. The maximum Gasteiger partial charge on any atom is 0.325 e. The molecule has 152 valence electrons. The smallest absolute Gasteiger partial charge is 0.325 e. The predicted octanol–water partition coefficient (Wildman–Crippen LogP) is 1.37. The third-order valence-electron chi connectivity index (χ3n) is 5.93. The van der Waals surface area contributed by atoms with Crippen molar-refractivity contribution in [1.82, 2.24) is 20.4 Å². The molecule has 2 N–H and O–H groups in total. The van der Waals surface area contributed by atoms with E-state index in [0.717, 1.165) is 37.3 Å².